The molecule has 10 atom stereocenters. The Balaban J connectivity index is 0.000000121. The van der Waals surface area contributed by atoms with Crippen LogP contribution in [0.15, 0.2) is 111 Å². The Morgan fingerprint density at radius 2 is 0.783 bits per heavy atom. The number of nitrogens with zero attached hydrogens (tertiary/aromatic N) is 13. The lowest BCUT2D eigenvalue weighted by Gasteiger charge is -2.33. The molecule has 4 aromatic heterocycles. The first-order valence-electron chi connectivity index (χ1n) is 47.0. The quantitative estimate of drug-likeness (QED) is 0.0395. The molecule has 1 amide bonds. The summed E-state index contributed by atoms with van der Waals surface area (Å²) in [6.45, 7) is 26.4. The second kappa shape index (κ2) is 40.7. The van der Waals surface area contributed by atoms with Crippen LogP contribution in [0, 0.1) is 20.8 Å². The molecule has 129 heavy (non-hydrogen) atoms. The summed E-state index contributed by atoms with van der Waals surface area (Å²) in [6.07, 6.45) is 18.0. The summed E-state index contributed by atoms with van der Waals surface area (Å²) in [4.78, 5) is 65.5. The van der Waals surface area contributed by atoms with Crippen molar-refractivity contribution in [1.29, 1.82) is 0 Å². The van der Waals surface area contributed by atoms with Crippen molar-refractivity contribution in [3.05, 3.63) is 158 Å². The molecule has 32 heteroatoms. The smallest absolute Gasteiger partial charge is 0.407 e. The number of aryl methyl sites for hydroxylation is 7. The number of aromatic nitrogens is 8. The van der Waals surface area contributed by atoms with Crippen LogP contribution in [-0.4, -0.2) is 230 Å². The molecule has 8 fully saturated rings. The van der Waals surface area contributed by atoms with Crippen LogP contribution in [0.25, 0.3) is 0 Å². The molecular weight excluding hydrogens is 1700 g/mol. The zero-order valence-electron chi connectivity index (χ0n) is 75.3. The summed E-state index contributed by atoms with van der Waals surface area (Å²) >= 11 is 0. The summed E-state index contributed by atoms with van der Waals surface area (Å²) in [7, 11) is -4.12. The molecule has 0 bridgehead atoms. The summed E-state index contributed by atoms with van der Waals surface area (Å²) in [5.74, 6) is 11.2. The van der Waals surface area contributed by atoms with Crippen LogP contribution in [0.1, 0.15) is 204 Å². The maximum absolute atomic E-state index is 12.7. The van der Waals surface area contributed by atoms with Crippen molar-refractivity contribution in [3.8, 4) is 5.75 Å². The number of hydrogen-bond acceptors (Lipinski definition) is 27. The second-order valence-corrected chi connectivity index (χ2v) is 44.1. The fraction of sp³-hybridized carbons (Fsp3) is 0.577. The predicted molar refractivity (Wildman–Crippen MR) is 515 cm³/mol. The molecular formula is C97H132N20O8S4. The van der Waals surface area contributed by atoms with Crippen molar-refractivity contribution in [2.45, 2.75) is 269 Å². The van der Waals surface area contributed by atoms with Gasteiger partial charge in [0.25, 0.3) is 0 Å². The third kappa shape index (κ3) is 22.6. The number of likely N-dealkylation sites (N-methyl/N-ethyl adjacent to an activating group) is 1. The molecule has 7 unspecified atom stereocenters. The topological polar surface area (TPSA) is 345 Å². The molecule has 0 spiro atoms. The third-order valence-electron chi connectivity index (χ3n) is 27.4. The minimum Gasteiger partial charge on any atom is -0.490 e. The van der Waals surface area contributed by atoms with E-state index in [1.807, 2.05) is 20.8 Å². The van der Waals surface area contributed by atoms with Gasteiger partial charge in [-0.3, -0.25) is 16.8 Å². The Hall–Kier alpha value is -8.89. The largest absolute Gasteiger partial charge is 0.490 e. The van der Waals surface area contributed by atoms with E-state index in [9.17, 15) is 21.6 Å². The number of carbonyl (C=O) groups is 1. The minimum absolute atomic E-state index is 0. The van der Waals surface area contributed by atoms with E-state index in [0.29, 0.717) is 65.0 Å². The van der Waals surface area contributed by atoms with Crippen LogP contribution >= 0.6 is 0 Å². The van der Waals surface area contributed by atoms with Gasteiger partial charge in [-0.15, -0.1) is 0 Å². The molecule has 3 saturated carbocycles. The van der Waals surface area contributed by atoms with Crippen LogP contribution in [0.3, 0.4) is 0 Å². The van der Waals surface area contributed by atoms with E-state index in [2.05, 4.69) is 170 Å². The normalized spacial score (nSPS) is 24.9. The van der Waals surface area contributed by atoms with Crippen molar-refractivity contribution in [3.63, 3.8) is 0 Å². The maximum Gasteiger partial charge on any atom is 0.407 e. The maximum atomic E-state index is 12.7. The van der Waals surface area contributed by atoms with E-state index >= 15 is 0 Å². The fourth-order valence-electron chi connectivity index (χ4n) is 19.2. The average Bonchev–Trinajstić information content (AvgIpc) is 1.63. The zero-order chi connectivity index (χ0) is 88.4. The molecule has 4 aromatic carbocycles. The number of ether oxygens (including phenoxy) is 3. The van der Waals surface area contributed by atoms with Gasteiger partial charge in [0.1, 0.15) is 60.3 Å². The van der Waals surface area contributed by atoms with E-state index in [0.717, 1.165) is 284 Å². The van der Waals surface area contributed by atoms with Gasteiger partial charge < -0.3 is 76.8 Å². The molecule has 692 valence electrons. The number of fused-ring (bicyclic) bond motifs is 5. The Bertz CT molecular complexity index is 5230. The first-order chi connectivity index (χ1) is 62.0. The number of piperidine rings is 4. The fourth-order valence-corrected chi connectivity index (χ4v) is 24.5. The van der Waals surface area contributed by atoms with Gasteiger partial charge in [0.2, 0.25) is 23.8 Å². The lowest BCUT2D eigenvalue weighted by atomic mass is 9.89. The molecule has 0 radical (unpaired) electrons. The number of benzene rings is 4. The monoisotopic (exact) mass is 1830 g/mol. The van der Waals surface area contributed by atoms with Gasteiger partial charge in [-0.05, 0) is 189 Å². The standard InChI is InChI=1S/C28H39N5O3S.C26H35N5O3S.2C21H27N5OS.CH4/c1-2-32-12-5-20-3-4-24(19-21(20)6-13-32)36-23-7-14-33(15-8-23)28-30-25-11-18-37(34)26(25)27(31-28)29-22-9-16-35-17-10-22;1-16-5-7-17(8-6-16)18-9-12-31(13-10-18)24-28-19-11-14-35(33)22(19)23(30-24)27-20-15-21(20)29-25(32)34-26(2,3)4;2*1-13-2-4-14(5-3-13)15-6-9-26(10-7-15)21-24-17-8-11-28(27)19(17)20(25-21)23-18-12-16(18)22;/h3-4,19,22-23H,2,5-18H2,1H3,(H,29,30,31);5-8,18,20-21H,9-15H2,1-4H3,(H,29,32)(H,27,28,30);2*2-5,15-16,18H,6-12,22H2,1H3,(H,23,24,25);1H4/t;20?,21-,35?;2*16-,18?,28?;/m.010./s1. The number of nitrogens with one attached hydrogen (secondary N) is 5. The highest BCUT2D eigenvalue weighted by atomic mass is 32.2. The lowest BCUT2D eigenvalue weighted by molar-refractivity contribution is 0.0523. The van der Waals surface area contributed by atoms with Gasteiger partial charge in [0, 0.05) is 170 Å². The number of hydrogen-bond donors (Lipinski definition) is 7. The Morgan fingerprint density at radius 1 is 0.434 bits per heavy atom. The van der Waals surface area contributed by atoms with Gasteiger partial charge in [0.05, 0.1) is 78.1 Å². The van der Waals surface area contributed by atoms with Crippen LogP contribution in [-0.2, 0) is 91.2 Å². The molecule has 28 nitrogen and oxygen atoms in total. The van der Waals surface area contributed by atoms with Crippen molar-refractivity contribution in [2.75, 3.05) is 149 Å². The van der Waals surface area contributed by atoms with E-state index in [-0.39, 0.29) is 49.8 Å². The zero-order valence-corrected chi connectivity index (χ0v) is 78.6. The first kappa shape index (κ1) is 92.0. The number of anilines is 8. The van der Waals surface area contributed by atoms with Crippen LogP contribution < -0.4 is 62.4 Å². The molecule has 21 rings (SSSR count). The summed E-state index contributed by atoms with van der Waals surface area (Å²) in [5, 5.41) is 16.8. The van der Waals surface area contributed by atoms with Gasteiger partial charge in [-0.25, -0.2) is 24.7 Å². The van der Waals surface area contributed by atoms with Crippen LogP contribution in [0.5, 0.6) is 5.75 Å². The highest BCUT2D eigenvalue weighted by Gasteiger charge is 2.44. The summed E-state index contributed by atoms with van der Waals surface area (Å²) in [6, 6.07) is 34.6. The number of amides is 1. The number of nitrogens with two attached hydrogens (primary N) is 2. The molecule has 10 aliphatic heterocycles. The first-order valence-corrected chi connectivity index (χ1v) is 52.3. The molecule has 14 heterocycles. The van der Waals surface area contributed by atoms with E-state index in [4.69, 9.17) is 65.5 Å². The van der Waals surface area contributed by atoms with Crippen molar-refractivity contribution < 1.29 is 35.8 Å². The van der Waals surface area contributed by atoms with E-state index in [1.165, 1.54) is 44.5 Å². The van der Waals surface area contributed by atoms with E-state index < -0.39 is 54.9 Å². The van der Waals surface area contributed by atoms with Crippen LogP contribution in [0.2, 0.25) is 0 Å². The lowest BCUT2D eigenvalue weighted by Crippen LogP contribution is -2.39. The second-order valence-electron chi connectivity index (χ2n) is 38.0. The Morgan fingerprint density at radius 3 is 1.14 bits per heavy atom. The van der Waals surface area contributed by atoms with Crippen molar-refractivity contribution >= 4 is 96.4 Å². The van der Waals surface area contributed by atoms with Crippen molar-refractivity contribution in [1.82, 2.24) is 50.1 Å². The number of alkyl carbamates (subject to hydrolysis) is 1. The third-order valence-corrected chi connectivity index (χ3v) is 33.3. The molecule has 5 saturated heterocycles. The van der Waals surface area contributed by atoms with Gasteiger partial charge in [-0.2, -0.15) is 19.9 Å². The summed E-state index contributed by atoms with van der Waals surface area (Å²) in [5.41, 5.74) is 26.2. The highest BCUT2D eigenvalue weighted by molar-refractivity contribution is 7.86. The highest BCUT2D eigenvalue weighted by Crippen LogP contribution is 2.42. The summed E-state index contributed by atoms with van der Waals surface area (Å²) < 4.78 is 67.6. The Labute approximate surface area is 771 Å². The Kier molecular flexibility index (Phi) is 29.0. The van der Waals surface area contributed by atoms with Gasteiger partial charge in [-0.1, -0.05) is 110 Å². The molecule has 9 N–H and O–H groups in total. The number of carbonyl (C=O) groups excluding carboxylic acids is 1. The predicted octanol–water partition coefficient (Wildman–Crippen LogP) is 12.4. The molecule has 3 aliphatic carbocycles. The van der Waals surface area contributed by atoms with Crippen LogP contribution in [0.4, 0.5) is 51.9 Å². The number of rotatable bonds is 19. The molecule has 13 aliphatic rings. The minimum atomic E-state index is -1.10. The van der Waals surface area contributed by atoms with Gasteiger partial charge >= 0.3 is 6.09 Å². The van der Waals surface area contributed by atoms with Crippen molar-refractivity contribution in [2.24, 2.45) is 11.5 Å². The molecule has 8 aromatic rings. The van der Waals surface area contributed by atoms with E-state index in [1.54, 1.807) is 0 Å². The SMILES string of the molecule is C.CCN1CCc2ccc(OC3CCN(c4nc5c(c(NC6CCOCC6)n4)S(=O)CC5)CC3)cc2CC1.Cc1ccc(C2CCN(c3nc4c(c(NC5C[C@@H]5N)n3)S(=O)CC4)CC2)cc1.Cc1ccc(C2CCN(c3nc4c(c(NC5C[C@@H]5NC(=O)OC(C)(C)C)n3)S(=O)CC4)CC2)cc1.Cc1ccc(C2CCN(c3nc4c(c(NC5C[C@H]5N)n3)S(=O)CC4)CC2)cc1. The van der Waals surface area contributed by atoms with Gasteiger partial charge in [0.15, 0.2) is 0 Å². The average molecular weight is 1830 g/mol.